The van der Waals surface area contributed by atoms with E-state index in [4.69, 9.17) is 11.6 Å². The summed E-state index contributed by atoms with van der Waals surface area (Å²) in [6, 6.07) is 11.9. The first-order chi connectivity index (χ1) is 9.95. The minimum absolute atomic E-state index is 0.214. The Balaban J connectivity index is 2.41. The molecular formula is C15H17ClN2O2S. The molecule has 21 heavy (non-hydrogen) atoms. The van der Waals surface area contributed by atoms with Crippen LogP contribution in [-0.4, -0.2) is 15.0 Å². The molecule has 0 aromatic heterocycles. The summed E-state index contributed by atoms with van der Waals surface area (Å²) >= 11 is 6.02. The molecule has 0 aliphatic rings. The SMILES string of the molecule is CCNc1ccccc1S(=O)(=O)Nc1cccc(Cl)c1C. The summed E-state index contributed by atoms with van der Waals surface area (Å²) in [5, 5.41) is 3.57. The molecule has 0 radical (unpaired) electrons. The number of para-hydroxylation sites is 1. The smallest absolute Gasteiger partial charge is 0.263 e. The molecule has 4 nitrogen and oxygen atoms in total. The summed E-state index contributed by atoms with van der Waals surface area (Å²) in [5.41, 5.74) is 1.75. The van der Waals surface area contributed by atoms with Gasteiger partial charge in [0.15, 0.2) is 0 Å². The highest BCUT2D eigenvalue weighted by molar-refractivity contribution is 7.92. The van der Waals surface area contributed by atoms with E-state index in [1.807, 2.05) is 6.92 Å². The third-order valence-electron chi connectivity index (χ3n) is 3.06. The monoisotopic (exact) mass is 324 g/mol. The summed E-state index contributed by atoms with van der Waals surface area (Å²) in [5.74, 6) is 0. The van der Waals surface area contributed by atoms with Gasteiger partial charge in [0.25, 0.3) is 10.0 Å². The third-order valence-corrected chi connectivity index (χ3v) is 4.89. The van der Waals surface area contributed by atoms with Crippen LogP contribution in [0.4, 0.5) is 11.4 Å². The molecule has 2 N–H and O–H groups in total. The van der Waals surface area contributed by atoms with E-state index in [9.17, 15) is 8.42 Å². The molecular weight excluding hydrogens is 308 g/mol. The van der Waals surface area contributed by atoms with Crippen LogP contribution in [0.1, 0.15) is 12.5 Å². The van der Waals surface area contributed by atoms with Crippen molar-refractivity contribution in [1.82, 2.24) is 0 Å². The van der Waals surface area contributed by atoms with Crippen LogP contribution in [0.5, 0.6) is 0 Å². The lowest BCUT2D eigenvalue weighted by atomic mass is 10.2. The van der Waals surface area contributed by atoms with Crippen LogP contribution in [0.15, 0.2) is 47.4 Å². The quantitative estimate of drug-likeness (QED) is 0.877. The van der Waals surface area contributed by atoms with E-state index >= 15 is 0 Å². The van der Waals surface area contributed by atoms with Gasteiger partial charge < -0.3 is 5.32 Å². The van der Waals surface area contributed by atoms with Crippen molar-refractivity contribution in [2.45, 2.75) is 18.7 Å². The van der Waals surface area contributed by atoms with Crippen molar-refractivity contribution >= 4 is 33.0 Å². The molecule has 2 aromatic carbocycles. The third kappa shape index (κ3) is 3.49. The maximum absolute atomic E-state index is 12.6. The molecule has 0 bridgehead atoms. The van der Waals surface area contributed by atoms with Crippen molar-refractivity contribution in [3.05, 3.63) is 53.1 Å². The minimum atomic E-state index is -3.68. The Hall–Kier alpha value is -1.72. The number of hydrogen-bond donors (Lipinski definition) is 2. The lowest BCUT2D eigenvalue weighted by molar-refractivity contribution is 0.601. The van der Waals surface area contributed by atoms with E-state index < -0.39 is 10.0 Å². The number of anilines is 2. The van der Waals surface area contributed by atoms with Crippen LogP contribution in [-0.2, 0) is 10.0 Å². The molecule has 2 rings (SSSR count). The largest absolute Gasteiger partial charge is 0.384 e. The highest BCUT2D eigenvalue weighted by Crippen LogP contribution is 2.27. The molecule has 6 heteroatoms. The number of rotatable bonds is 5. The fourth-order valence-electron chi connectivity index (χ4n) is 1.96. The predicted molar refractivity (Wildman–Crippen MR) is 87.6 cm³/mol. The number of sulfonamides is 1. The molecule has 0 fully saturated rings. The zero-order chi connectivity index (χ0) is 15.5. The number of nitrogens with one attached hydrogen (secondary N) is 2. The van der Waals surface area contributed by atoms with E-state index in [1.165, 1.54) is 0 Å². The average molecular weight is 325 g/mol. The normalized spacial score (nSPS) is 11.2. The van der Waals surface area contributed by atoms with E-state index in [-0.39, 0.29) is 4.90 Å². The first kappa shape index (κ1) is 15.7. The first-order valence-electron chi connectivity index (χ1n) is 6.56. The van der Waals surface area contributed by atoms with Gasteiger partial charge in [0.1, 0.15) is 4.90 Å². The molecule has 0 saturated carbocycles. The van der Waals surface area contributed by atoms with Crippen molar-refractivity contribution in [1.29, 1.82) is 0 Å². The van der Waals surface area contributed by atoms with Gasteiger partial charge in [-0.3, -0.25) is 4.72 Å². The lowest BCUT2D eigenvalue weighted by Gasteiger charge is -2.14. The maximum Gasteiger partial charge on any atom is 0.263 e. The second-order valence-electron chi connectivity index (χ2n) is 4.54. The van der Waals surface area contributed by atoms with E-state index in [0.29, 0.717) is 28.5 Å². The number of hydrogen-bond acceptors (Lipinski definition) is 3. The molecule has 0 spiro atoms. The Morgan fingerprint density at radius 2 is 1.71 bits per heavy atom. The maximum atomic E-state index is 12.6. The van der Waals surface area contributed by atoms with E-state index in [1.54, 1.807) is 49.4 Å². The molecule has 0 aliphatic heterocycles. The van der Waals surface area contributed by atoms with Gasteiger partial charge in [-0.15, -0.1) is 0 Å². The van der Waals surface area contributed by atoms with Crippen LogP contribution in [0.3, 0.4) is 0 Å². The summed E-state index contributed by atoms with van der Waals surface area (Å²) in [6.07, 6.45) is 0. The Labute approximate surface area is 130 Å². The summed E-state index contributed by atoms with van der Waals surface area (Å²) in [7, 11) is -3.68. The predicted octanol–water partition coefficient (Wildman–Crippen LogP) is 3.88. The van der Waals surface area contributed by atoms with Gasteiger partial charge in [-0.05, 0) is 43.7 Å². The second kappa shape index (κ2) is 6.37. The van der Waals surface area contributed by atoms with Crippen molar-refractivity contribution in [3.63, 3.8) is 0 Å². The van der Waals surface area contributed by atoms with Crippen LogP contribution in [0.2, 0.25) is 5.02 Å². The lowest BCUT2D eigenvalue weighted by Crippen LogP contribution is -2.16. The fraction of sp³-hybridized carbons (Fsp3) is 0.200. The molecule has 0 aliphatic carbocycles. The average Bonchev–Trinajstić information content (AvgIpc) is 2.44. The molecule has 0 unspecified atom stereocenters. The highest BCUT2D eigenvalue weighted by atomic mass is 35.5. The van der Waals surface area contributed by atoms with Gasteiger partial charge in [-0.25, -0.2) is 8.42 Å². The fourth-order valence-corrected chi connectivity index (χ4v) is 3.44. The van der Waals surface area contributed by atoms with Crippen molar-refractivity contribution in [3.8, 4) is 0 Å². The summed E-state index contributed by atoms with van der Waals surface area (Å²) < 4.78 is 27.7. The molecule has 0 atom stereocenters. The number of benzene rings is 2. The molecule has 112 valence electrons. The standard InChI is InChI=1S/C15H17ClN2O2S/c1-3-17-14-8-4-5-10-15(14)21(19,20)18-13-9-6-7-12(16)11(13)2/h4-10,17-18H,3H2,1-2H3. The zero-order valence-electron chi connectivity index (χ0n) is 11.9. The Morgan fingerprint density at radius 3 is 2.43 bits per heavy atom. The summed E-state index contributed by atoms with van der Waals surface area (Å²) in [6.45, 7) is 4.33. The number of halogens is 1. The highest BCUT2D eigenvalue weighted by Gasteiger charge is 2.19. The topological polar surface area (TPSA) is 58.2 Å². The van der Waals surface area contributed by atoms with Crippen molar-refractivity contribution in [2.75, 3.05) is 16.6 Å². The summed E-state index contributed by atoms with van der Waals surface area (Å²) in [4.78, 5) is 0.214. The van der Waals surface area contributed by atoms with Gasteiger partial charge in [0.05, 0.1) is 11.4 Å². The van der Waals surface area contributed by atoms with Crippen molar-refractivity contribution < 1.29 is 8.42 Å². The van der Waals surface area contributed by atoms with Gasteiger partial charge in [0, 0.05) is 11.6 Å². The first-order valence-corrected chi connectivity index (χ1v) is 8.42. The van der Waals surface area contributed by atoms with Crippen LogP contribution in [0.25, 0.3) is 0 Å². The molecule has 0 amide bonds. The minimum Gasteiger partial charge on any atom is -0.384 e. The van der Waals surface area contributed by atoms with Gasteiger partial charge in [-0.2, -0.15) is 0 Å². The Kier molecular flexibility index (Phi) is 4.75. The van der Waals surface area contributed by atoms with Crippen LogP contribution >= 0.6 is 11.6 Å². The van der Waals surface area contributed by atoms with E-state index in [2.05, 4.69) is 10.0 Å². The Morgan fingerprint density at radius 1 is 1.05 bits per heavy atom. The molecule has 2 aromatic rings. The van der Waals surface area contributed by atoms with Crippen LogP contribution in [0, 0.1) is 6.92 Å². The second-order valence-corrected chi connectivity index (χ2v) is 6.60. The van der Waals surface area contributed by atoms with Gasteiger partial charge >= 0.3 is 0 Å². The molecule has 0 heterocycles. The molecule has 0 saturated heterocycles. The zero-order valence-corrected chi connectivity index (χ0v) is 13.4. The van der Waals surface area contributed by atoms with Crippen LogP contribution < -0.4 is 10.0 Å². The van der Waals surface area contributed by atoms with Crippen molar-refractivity contribution in [2.24, 2.45) is 0 Å². The Bertz CT molecular complexity index is 745. The van der Waals surface area contributed by atoms with E-state index in [0.717, 1.165) is 0 Å². The van der Waals surface area contributed by atoms with Gasteiger partial charge in [-0.1, -0.05) is 29.8 Å². The van der Waals surface area contributed by atoms with Gasteiger partial charge in [0.2, 0.25) is 0 Å².